The second-order valence-electron chi connectivity index (χ2n) is 12.0. The number of likely N-dealkylation sites (N-methyl/N-ethyl adjacent to an activating group) is 1. The van der Waals surface area contributed by atoms with E-state index in [2.05, 4.69) is 16.7 Å². The maximum atomic E-state index is 14.1. The molecule has 3 aromatic carbocycles. The Hall–Kier alpha value is -4.46. The Kier molecular flexibility index (Phi) is 12.3. The lowest BCUT2D eigenvalue weighted by atomic mass is 9.83. The number of benzene rings is 3. The van der Waals surface area contributed by atoms with E-state index in [4.69, 9.17) is 9.47 Å². The first kappa shape index (κ1) is 33.4. The van der Waals surface area contributed by atoms with E-state index >= 15 is 0 Å². The van der Waals surface area contributed by atoms with Gasteiger partial charge in [0.1, 0.15) is 19.3 Å². The van der Waals surface area contributed by atoms with Crippen LogP contribution in [0.3, 0.4) is 0 Å². The molecule has 0 saturated heterocycles. The highest BCUT2D eigenvalue weighted by Gasteiger charge is 2.43. The van der Waals surface area contributed by atoms with Gasteiger partial charge in [0, 0.05) is 13.5 Å². The minimum absolute atomic E-state index is 0.0494. The van der Waals surface area contributed by atoms with E-state index in [-0.39, 0.29) is 31.5 Å². The predicted octanol–water partition coefficient (Wildman–Crippen LogP) is 5.10. The van der Waals surface area contributed by atoms with Gasteiger partial charge in [-0.05, 0) is 65.8 Å². The van der Waals surface area contributed by atoms with Crippen LogP contribution in [-0.2, 0) is 61.1 Å². The van der Waals surface area contributed by atoms with Gasteiger partial charge >= 0.3 is 11.9 Å². The summed E-state index contributed by atoms with van der Waals surface area (Å²) >= 11 is 0. The predicted molar refractivity (Wildman–Crippen MR) is 172 cm³/mol. The number of nitrogens with one attached hydrogen (secondary N) is 2. The first-order chi connectivity index (χ1) is 21.8. The molecule has 1 aliphatic rings. The van der Waals surface area contributed by atoms with Gasteiger partial charge in [-0.1, -0.05) is 92.7 Å². The fourth-order valence-corrected chi connectivity index (χ4v) is 5.90. The highest BCUT2D eigenvalue weighted by Crippen LogP contribution is 2.28. The van der Waals surface area contributed by atoms with Crippen LogP contribution in [0.4, 0.5) is 0 Å². The average Bonchev–Trinajstić information content (AvgIpc) is 3.06. The second kappa shape index (κ2) is 16.6. The van der Waals surface area contributed by atoms with Crippen molar-refractivity contribution in [3.05, 3.63) is 107 Å². The third kappa shape index (κ3) is 9.51. The lowest BCUT2D eigenvalue weighted by Crippen LogP contribution is -2.52. The lowest BCUT2D eigenvalue weighted by molar-refractivity contribution is -0.169. The van der Waals surface area contributed by atoms with Gasteiger partial charge in [-0.2, -0.15) is 0 Å². The fourth-order valence-electron chi connectivity index (χ4n) is 5.90. The number of rotatable bonds is 14. The van der Waals surface area contributed by atoms with Gasteiger partial charge in [-0.25, -0.2) is 0 Å². The van der Waals surface area contributed by atoms with Crippen LogP contribution in [0.2, 0.25) is 0 Å². The summed E-state index contributed by atoms with van der Waals surface area (Å²) in [7, 11) is 1.53. The van der Waals surface area contributed by atoms with Crippen LogP contribution in [0.25, 0.3) is 0 Å². The second-order valence-corrected chi connectivity index (χ2v) is 12.0. The molecule has 8 heteroatoms. The molecule has 0 heterocycles. The largest absolute Gasteiger partial charge is 0.460 e. The molecule has 0 fully saturated rings. The van der Waals surface area contributed by atoms with E-state index in [1.807, 2.05) is 86.6 Å². The third-order valence-corrected chi connectivity index (χ3v) is 8.22. The van der Waals surface area contributed by atoms with Crippen LogP contribution >= 0.6 is 0 Å². The molecule has 2 N–H and O–H groups in total. The van der Waals surface area contributed by atoms with Gasteiger partial charge in [0.15, 0.2) is 5.92 Å². The van der Waals surface area contributed by atoms with Crippen molar-refractivity contribution in [2.24, 2.45) is 17.8 Å². The van der Waals surface area contributed by atoms with Crippen LogP contribution in [-0.4, -0.2) is 36.8 Å². The minimum atomic E-state index is -1.52. The molecule has 2 atom stereocenters. The quantitative estimate of drug-likeness (QED) is 0.194. The first-order valence-corrected chi connectivity index (χ1v) is 15.8. The molecule has 0 bridgehead atoms. The molecule has 0 radical (unpaired) electrons. The van der Waals surface area contributed by atoms with E-state index in [0.29, 0.717) is 6.42 Å². The summed E-state index contributed by atoms with van der Waals surface area (Å²) in [5, 5.41) is 5.56. The van der Waals surface area contributed by atoms with Gasteiger partial charge in [0.25, 0.3) is 0 Å². The van der Waals surface area contributed by atoms with Crippen molar-refractivity contribution in [2.75, 3.05) is 7.05 Å². The van der Waals surface area contributed by atoms with E-state index in [1.165, 1.54) is 18.2 Å². The summed E-state index contributed by atoms with van der Waals surface area (Å²) < 4.78 is 11.2. The van der Waals surface area contributed by atoms with E-state index < -0.39 is 35.7 Å². The molecule has 2 amide bonds. The molecule has 3 aromatic rings. The van der Waals surface area contributed by atoms with Crippen LogP contribution in [0, 0.1) is 17.8 Å². The minimum Gasteiger partial charge on any atom is -0.460 e. The standard InChI is InChI=1S/C37H44N2O6/c1-25(2)21-31(34(40)39-32(35(41)38-3)22-29-19-12-18-28-17-10-11-20-30(28)29)33(36(42)44-23-26-13-6-4-7-14-26)37(43)45-24-27-15-8-5-9-16-27/h4-9,12-16,18-19,25,31-33H,10-11,17,20-24H2,1-3H3,(H,38,41)(H,39,40)/t31-,32+/m1/s1. The Morgan fingerprint density at radius 1 is 0.733 bits per heavy atom. The smallest absolute Gasteiger partial charge is 0.321 e. The SMILES string of the molecule is CNC(=O)[C@H](Cc1cccc2c1CCCC2)NC(=O)[C@H](CC(C)C)C(C(=O)OCc1ccccc1)C(=O)OCc1ccccc1. The van der Waals surface area contributed by atoms with E-state index in [1.54, 1.807) is 0 Å². The molecule has 0 unspecified atom stereocenters. The molecule has 238 valence electrons. The van der Waals surface area contributed by atoms with Crippen molar-refractivity contribution in [3.63, 3.8) is 0 Å². The zero-order chi connectivity index (χ0) is 32.2. The number of aryl methyl sites for hydroxylation is 1. The van der Waals surface area contributed by atoms with Crippen molar-refractivity contribution in [1.82, 2.24) is 10.6 Å². The highest BCUT2D eigenvalue weighted by molar-refractivity contribution is 6.01. The summed E-state index contributed by atoms with van der Waals surface area (Å²) in [4.78, 5) is 54.5. The lowest BCUT2D eigenvalue weighted by Gasteiger charge is -2.28. The molecule has 0 saturated carbocycles. The Morgan fingerprint density at radius 3 is 1.87 bits per heavy atom. The molecule has 8 nitrogen and oxygen atoms in total. The topological polar surface area (TPSA) is 111 Å². The van der Waals surface area contributed by atoms with Crippen molar-refractivity contribution in [2.45, 2.75) is 71.6 Å². The number of hydrogen-bond acceptors (Lipinski definition) is 6. The molecule has 4 rings (SSSR count). The molecular weight excluding hydrogens is 568 g/mol. The van der Waals surface area contributed by atoms with Crippen molar-refractivity contribution < 1.29 is 28.7 Å². The Bertz CT molecular complexity index is 1380. The molecule has 0 aliphatic heterocycles. The Labute approximate surface area is 265 Å². The van der Waals surface area contributed by atoms with E-state index in [9.17, 15) is 19.2 Å². The summed E-state index contributed by atoms with van der Waals surface area (Å²) in [5.41, 5.74) is 5.02. The fraction of sp³-hybridized carbons (Fsp3) is 0.405. The van der Waals surface area contributed by atoms with Crippen molar-refractivity contribution in [3.8, 4) is 0 Å². The zero-order valence-corrected chi connectivity index (χ0v) is 26.4. The van der Waals surface area contributed by atoms with Gasteiger partial charge in [0.2, 0.25) is 11.8 Å². The monoisotopic (exact) mass is 612 g/mol. The van der Waals surface area contributed by atoms with E-state index in [0.717, 1.165) is 42.4 Å². The van der Waals surface area contributed by atoms with Crippen LogP contribution < -0.4 is 10.6 Å². The number of hydrogen-bond donors (Lipinski definition) is 2. The summed E-state index contributed by atoms with van der Waals surface area (Å²) in [6, 6.07) is 23.5. The molecule has 0 aromatic heterocycles. The normalized spacial score (nSPS) is 13.8. The number of carbonyl (C=O) groups excluding carboxylic acids is 4. The number of esters is 2. The number of fused-ring (bicyclic) bond motifs is 1. The summed E-state index contributed by atoms with van der Waals surface area (Å²) in [6.07, 6.45) is 4.64. The molecule has 1 aliphatic carbocycles. The van der Waals surface area contributed by atoms with Crippen molar-refractivity contribution >= 4 is 23.8 Å². The van der Waals surface area contributed by atoms with Gasteiger partial charge in [-0.3, -0.25) is 19.2 Å². The van der Waals surface area contributed by atoms with Crippen molar-refractivity contribution in [1.29, 1.82) is 0 Å². The third-order valence-electron chi connectivity index (χ3n) is 8.22. The molecule has 0 spiro atoms. The van der Waals surface area contributed by atoms with Crippen LogP contribution in [0.15, 0.2) is 78.9 Å². The summed E-state index contributed by atoms with van der Waals surface area (Å²) in [5.74, 6) is -5.29. The molecule has 45 heavy (non-hydrogen) atoms. The zero-order valence-electron chi connectivity index (χ0n) is 26.4. The van der Waals surface area contributed by atoms with Crippen LogP contribution in [0.1, 0.15) is 60.9 Å². The van der Waals surface area contributed by atoms with Gasteiger partial charge < -0.3 is 20.1 Å². The average molecular weight is 613 g/mol. The Balaban J connectivity index is 1.60. The summed E-state index contributed by atoms with van der Waals surface area (Å²) in [6.45, 7) is 3.71. The maximum Gasteiger partial charge on any atom is 0.321 e. The van der Waals surface area contributed by atoms with Gasteiger partial charge in [0.05, 0.1) is 5.92 Å². The Morgan fingerprint density at radius 2 is 1.31 bits per heavy atom. The first-order valence-electron chi connectivity index (χ1n) is 15.8. The maximum absolute atomic E-state index is 14.1. The number of carbonyl (C=O) groups is 4. The number of ether oxygens (including phenoxy) is 2. The highest BCUT2D eigenvalue weighted by atomic mass is 16.6. The number of amides is 2. The van der Waals surface area contributed by atoms with Crippen LogP contribution in [0.5, 0.6) is 0 Å². The van der Waals surface area contributed by atoms with Gasteiger partial charge in [-0.15, -0.1) is 0 Å². The molecular formula is C37H44N2O6.